The van der Waals surface area contributed by atoms with Crippen LogP contribution in [0.15, 0.2) is 28.8 Å². The first-order valence-corrected chi connectivity index (χ1v) is 10.3. The number of carbonyl (C=O) groups is 2. The maximum absolute atomic E-state index is 13.1. The first kappa shape index (κ1) is 24.5. The molecule has 0 spiro atoms. The fourth-order valence-corrected chi connectivity index (χ4v) is 3.22. The summed E-state index contributed by atoms with van der Waals surface area (Å²) >= 11 is 0. The lowest BCUT2D eigenvalue weighted by Crippen LogP contribution is -2.48. The van der Waals surface area contributed by atoms with Gasteiger partial charge in [-0.15, -0.1) is 0 Å². The lowest BCUT2D eigenvalue weighted by Gasteiger charge is -2.31. The Kier molecular flexibility index (Phi) is 7.91. The second-order valence-electron chi connectivity index (χ2n) is 9.29. The van der Waals surface area contributed by atoms with Crippen LogP contribution in [0.4, 0.5) is 0 Å². The second-order valence-corrected chi connectivity index (χ2v) is 9.29. The quantitative estimate of drug-likeness (QED) is 0.372. The zero-order chi connectivity index (χ0) is 23.3. The molecule has 31 heavy (non-hydrogen) atoms. The molecule has 1 heterocycles. The van der Waals surface area contributed by atoms with Gasteiger partial charge in [0.05, 0.1) is 12.0 Å². The number of hydrogen-bond donors (Lipinski definition) is 4. The van der Waals surface area contributed by atoms with Gasteiger partial charge >= 0.3 is 0 Å². The third-order valence-electron chi connectivity index (χ3n) is 4.97. The molecule has 2 amide bonds. The first-order chi connectivity index (χ1) is 14.4. The number of nitrogens with zero attached hydrogens (tertiary/aromatic N) is 2. The Morgan fingerprint density at radius 2 is 1.74 bits per heavy atom. The Morgan fingerprint density at radius 3 is 2.26 bits per heavy atom. The number of benzene rings is 1. The summed E-state index contributed by atoms with van der Waals surface area (Å²) in [4.78, 5) is 29.3. The number of amides is 2. The monoisotopic (exact) mass is 432 g/mol. The van der Waals surface area contributed by atoms with Crippen molar-refractivity contribution in [3.63, 3.8) is 0 Å². The molecule has 0 saturated carbocycles. The largest absolute Gasteiger partial charge is 0.382 e. The summed E-state index contributed by atoms with van der Waals surface area (Å²) < 4.78 is 5.42. The molecular formula is C22H32N4O5. The highest BCUT2D eigenvalue weighted by Crippen LogP contribution is 2.33. The number of carbonyl (C=O) groups excluding carboxylic acids is 2. The van der Waals surface area contributed by atoms with Crippen LogP contribution in [-0.4, -0.2) is 38.4 Å². The van der Waals surface area contributed by atoms with Crippen LogP contribution in [0.25, 0.3) is 11.5 Å². The number of rotatable bonds is 8. The SMILES string of the molecule is Cc1ccc(-c2nc([C@H](NC(=O)[C@H](CC(C)C)[C@H](O)C(=O)NO)C(C)(C)C)no2)cc1. The summed E-state index contributed by atoms with van der Waals surface area (Å²) in [5.41, 5.74) is 2.78. The minimum absolute atomic E-state index is 0.0308. The molecule has 2 rings (SSSR count). The summed E-state index contributed by atoms with van der Waals surface area (Å²) in [5.74, 6) is -1.97. The number of aliphatic hydroxyl groups is 1. The van der Waals surface area contributed by atoms with Gasteiger partial charge in [-0.05, 0) is 36.8 Å². The molecular weight excluding hydrogens is 400 g/mol. The summed E-state index contributed by atoms with van der Waals surface area (Å²) in [6, 6.07) is 6.99. The molecule has 0 unspecified atom stereocenters. The third-order valence-corrected chi connectivity index (χ3v) is 4.97. The van der Waals surface area contributed by atoms with Crippen molar-refractivity contribution in [2.75, 3.05) is 0 Å². The van der Waals surface area contributed by atoms with Crippen molar-refractivity contribution in [1.29, 1.82) is 0 Å². The molecule has 3 atom stereocenters. The number of hydrogen-bond acceptors (Lipinski definition) is 7. The Balaban J connectivity index is 2.31. The number of aryl methyl sites for hydroxylation is 1. The molecule has 1 aromatic heterocycles. The summed E-state index contributed by atoms with van der Waals surface area (Å²) in [6.45, 7) is 11.5. The van der Waals surface area contributed by atoms with Crippen molar-refractivity contribution in [2.45, 2.75) is 60.1 Å². The molecule has 0 fully saturated rings. The van der Waals surface area contributed by atoms with E-state index in [-0.39, 0.29) is 12.3 Å². The Morgan fingerprint density at radius 1 is 1.13 bits per heavy atom. The number of aromatic nitrogens is 2. The van der Waals surface area contributed by atoms with E-state index in [1.807, 2.05) is 65.8 Å². The lowest BCUT2D eigenvalue weighted by molar-refractivity contribution is -0.147. The van der Waals surface area contributed by atoms with Gasteiger partial charge in [0.15, 0.2) is 5.82 Å². The van der Waals surface area contributed by atoms with Crippen molar-refractivity contribution < 1.29 is 24.4 Å². The number of aliphatic hydroxyl groups excluding tert-OH is 1. The molecule has 0 radical (unpaired) electrons. The Labute approximate surface area is 182 Å². The van der Waals surface area contributed by atoms with E-state index >= 15 is 0 Å². The van der Waals surface area contributed by atoms with E-state index < -0.39 is 35.3 Å². The van der Waals surface area contributed by atoms with Crippen LogP contribution >= 0.6 is 0 Å². The molecule has 1 aromatic carbocycles. The van der Waals surface area contributed by atoms with Gasteiger partial charge in [-0.2, -0.15) is 4.98 Å². The van der Waals surface area contributed by atoms with Gasteiger partial charge in [-0.3, -0.25) is 14.8 Å². The fourth-order valence-electron chi connectivity index (χ4n) is 3.22. The minimum Gasteiger partial charge on any atom is -0.382 e. The van der Waals surface area contributed by atoms with E-state index in [1.165, 1.54) is 5.48 Å². The second kappa shape index (κ2) is 10.0. The molecule has 9 heteroatoms. The third kappa shape index (κ3) is 6.35. The van der Waals surface area contributed by atoms with E-state index in [9.17, 15) is 14.7 Å². The maximum atomic E-state index is 13.1. The first-order valence-electron chi connectivity index (χ1n) is 10.3. The number of nitrogens with one attached hydrogen (secondary N) is 2. The van der Waals surface area contributed by atoms with E-state index in [0.29, 0.717) is 11.7 Å². The van der Waals surface area contributed by atoms with Crippen LogP contribution < -0.4 is 10.8 Å². The smallest absolute Gasteiger partial charge is 0.272 e. The van der Waals surface area contributed by atoms with Crippen molar-refractivity contribution in [3.05, 3.63) is 35.7 Å². The van der Waals surface area contributed by atoms with Crippen LogP contribution in [0, 0.1) is 24.2 Å². The van der Waals surface area contributed by atoms with Gasteiger partial charge in [0.1, 0.15) is 6.10 Å². The van der Waals surface area contributed by atoms with Crippen LogP contribution in [0.1, 0.15) is 58.5 Å². The van der Waals surface area contributed by atoms with Crippen molar-refractivity contribution in [1.82, 2.24) is 20.9 Å². The zero-order valence-electron chi connectivity index (χ0n) is 18.8. The number of hydroxylamine groups is 1. The molecule has 0 aliphatic heterocycles. The molecule has 4 N–H and O–H groups in total. The average Bonchev–Trinajstić information content (AvgIpc) is 3.18. The van der Waals surface area contributed by atoms with Gasteiger partial charge in [-0.25, -0.2) is 5.48 Å². The lowest BCUT2D eigenvalue weighted by atomic mass is 9.84. The average molecular weight is 433 g/mol. The fraction of sp³-hybridized carbons (Fsp3) is 0.545. The molecule has 0 aliphatic carbocycles. The molecule has 0 bridgehead atoms. The maximum Gasteiger partial charge on any atom is 0.272 e. The molecule has 2 aromatic rings. The standard InChI is InChI=1S/C22H32N4O5/c1-12(2)11-15(16(27)20(29)25-30)19(28)23-17(22(4,5)6)18-24-21(31-26-18)14-9-7-13(3)8-10-14/h7-10,12,15-17,27,30H,11H2,1-6H3,(H,23,28)(H,25,29)/t15-,16+,17+/m1/s1. The van der Waals surface area contributed by atoms with E-state index in [1.54, 1.807) is 0 Å². The Hall–Kier alpha value is -2.78. The van der Waals surface area contributed by atoms with Crippen molar-refractivity contribution >= 4 is 11.8 Å². The van der Waals surface area contributed by atoms with E-state index in [4.69, 9.17) is 9.73 Å². The topological polar surface area (TPSA) is 138 Å². The van der Waals surface area contributed by atoms with Gasteiger partial charge in [-0.1, -0.05) is 57.5 Å². The van der Waals surface area contributed by atoms with Gasteiger partial charge < -0.3 is 14.9 Å². The highest BCUT2D eigenvalue weighted by molar-refractivity contribution is 5.88. The van der Waals surface area contributed by atoms with Gasteiger partial charge in [0.25, 0.3) is 11.8 Å². The normalized spacial score (nSPS) is 14.7. The Bertz CT molecular complexity index is 886. The molecule has 9 nitrogen and oxygen atoms in total. The van der Waals surface area contributed by atoms with Gasteiger partial charge in [0, 0.05) is 5.56 Å². The summed E-state index contributed by atoms with van der Waals surface area (Å²) in [6.07, 6.45) is -1.44. The van der Waals surface area contributed by atoms with Crippen LogP contribution in [0.5, 0.6) is 0 Å². The van der Waals surface area contributed by atoms with E-state index in [0.717, 1.165) is 11.1 Å². The van der Waals surface area contributed by atoms with Crippen LogP contribution in [0.2, 0.25) is 0 Å². The molecule has 170 valence electrons. The minimum atomic E-state index is -1.69. The van der Waals surface area contributed by atoms with Gasteiger partial charge in [0.2, 0.25) is 5.91 Å². The van der Waals surface area contributed by atoms with Crippen LogP contribution in [-0.2, 0) is 9.59 Å². The highest BCUT2D eigenvalue weighted by Gasteiger charge is 2.38. The molecule has 0 aliphatic rings. The predicted molar refractivity (Wildman–Crippen MR) is 114 cm³/mol. The molecule has 0 saturated heterocycles. The summed E-state index contributed by atoms with van der Waals surface area (Å²) in [7, 11) is 0. The van der Waals surface area contributed by atoms with E-state index in [2.05, 4.69) is 15.5 Å². The highest BCUT2D eigenvalue weighted by atomic mass is 16.5. The van der Waals surface area contributed by atoms with Crippen molar-refractivity contribution in [3.8, 4) is 11.5 Å². The summed E-state index contributed by atoms with van der Waals surface area (Å²) in [5, 5.41) is 26.1. The predicted octanol–water partition coefficient (Wildman–Crippen LogP) is 2.78. The van der Waals surface area contributed by atoms with Crippen LogP contribution in [0.3, 0.4) is 0 Å². The van der Waals surface area contributed by atoms with Crippen molar-refractivity contribution in [2.24, 2.45) is 17.3 Å². The zero-order valence-corrected chi connectivity index (χ0v) is 18.8.